The summed E-state index contributed by atoms with van der Waals surface area (Å²) in [6, 6.07) is -0.0502. The van der Waals surface area contributed by atoms with E-state index in [2.05, 4.69) is 20.3 Å². The van der Waals surface area contributed by atoms with Crippen molar-refractivity contribution < 1.29 is 4.79 Å². The van der Waals surface area contributed by atoms with E-state index < -0.39 is 0 Å². The van der Waals surface area contributed by atoms with Gasteiger partial charge in [0.2, 0.25) is 5.91 Å². The molecule has 0 bridgehead atoms. The monoisotopic (exact) mass is 348 g/mol. The number of nitrogens with zero attached hydrogens (tertiary/aromatic N) is 2. The van der Waals surface area contributed by atoms with Gasteiger partial charge < -0.3 is 10.3 Å². The van der Waals surface area contributed by atoms with E-state index in [1.54, 1.807) is 18.3 Å². The number of aryl methyl sites for hydroxylation is 4. The lowest BCUT2D eigenvalue weighted by Gasteiger charge is -2.15. The maximum absolute atomic E-state index is 12.3. The zero-order valence-corrected chi connectivity index (χ0v) is 15.6. The van der Waals surface area contributed by atoms with Gasteiger partial charge in [0.05, 0.1) is 11.7 Å². The van der Waals surface area contributed by atoms with Gasteiger partial charge in [0.25, 0.3) is 0 Å². The van der Waals surface area contributed by atoms with Gasteiger partial charge in [-0.05, 0) is 46.1 Å². The average molecular weight is 348 g/mol. The van der Waals surface area contributed by atoms with Crippen LogP contribution < -0.4 is 11.0 Å². The predicted molar refractivity (Wildman–Crippen MR) is 95.4 cm³/mol. The molecule has 0 fully saturated rings. The quantitative estimate of drug-likeness (QED) is 0.840. The van der Waals surface area contributed by atoms with E-state index in [0.717, 1.165) is 28.4 Å². The molecule has 7 heteroatoms. The van der Waals surface area contributed by atoms with Gasteiger partial charge in [-0.1, -0.05) is 6.92 Å². The summed E-state index contributed by atoms with van der Waals surface area (Å²) in [6.07, 6.45) is 1.71. The van der Waals surface area contributed by atoms with Crippen LogP contribution >= 0.6 is 11.3 Å². The topological polar surface area (TPSA) is 87.7 Å². The summed E-state index contributed by atoms with van der Waals surface area (Å²) in [4.78, 5) is 35.9. The first-order chi connectivity index (χ1) is 11.3. The van der Waals surface area contributed by atoms with Crippen LogP contribution in [-0.4, -0.2) is 20.9 Å². The summed E-state index contributed by atoms with van der Waals surface area (Å²) >= 11 is 1.63. The number of aromatic nitrogens is 3. The molecule has 2 rings (SSSR count). The van der Waals surface area contributed by atoms with Crippen molar-refractivity contribution in [2.24, 2.45) is 0 Å². The minimum Gasteiger partial charge on any atom is -0.347 e. The molecule has 0 saturated carbocycles. The van der Waals surface area contributed by atoms with Crippen molar-refractivity contribution in [2.75, 3.05) is 0 Å². The molecule has 0 radical (unpaired) electrons. The van der Waals surface area contributed by atoms with Crippen LogP contribution in [0.15, 0.2) is 4.79 Å². The van der Waals surface area contributed by atoms with E-state index >= 15 is 0 Å². The van der Waals surface area contributed by atoms with Crippen LogP contribution in [0.2, 0.25) is 0 Å². The van der Waals surface area contributed by atoms with Gasteiger partial charge in [-0.3, -0.25) is 4.79 Å². The van der Waals surface area contributed by atoms with Gasteiger partial charge in [-0.2, -0.15) is 4.98 Å². The van der Waals surface area contributed by atoms with Crippen molar-refractivity contribution in [1.29, 1.82) is 0 Å². The zero-order valence-electron chi connectivity index (χ0n) is 14.8. The van der Waals surface area contributed by atoms with Crippen LogP contribution in [-0.2, 0) is 11.2 Å². The third-order valence-electron chi connectivity index (χ3n) is 4.14. The number of aromatic amines is 1. The summed E-state index contributed by atoms with van der Waals surface area (Å²) in [5.74, 6) is -0.0163. The first-order valence-electron chi connectivity index (χ1n) is 8.11. The van der Waals surface area contributed by atoms with Gasteiger partial charge >= 0.3 is 5.69 Å². The van der Waals surface area contributed by atoms with Crippen LogP contribution in [0.25, 0.3) is 0 Å². The highest BCUT2D eigenvalue weighted by atomic mass is 32.1. The Labute approximate surface area is 145 Å². The second kappa shape index (κ2) is 7.70. The molecule has 130 valence electrons. The number of nitrogens with one attached hydrogen (secondary N) is 2. The van der Waals surface area contributed by atoms with E-state index in [9.17, 15) is 9.59 Å². The standard InChI is InChI=1S/C17H24N4O2S/c1-6-14(16-18-9(2)12(5)24-16)21-15(22)8-7-13-10(3)19-17(23)20-11(13)4/h14H,6-8H2,1-5H3,(H,21,22)(H,19,20,23)/t14-/m0/s1. The molecule has 2 aromatic rings. The molecule has 2 aromatic heterocycles. The summed E-state index contributed by atoms with van der Waals surface area (Å²) < 4.78 is 0. The first kappa shape index (κ1) is 18.3. The Kier molecular flexibility index (Phi) is 5.88. The highest BCUT2D eigenvalue weighted by Gasteiger charge is 2.18. The maximum atomic E-state index is 12.3. The van der Waals surface area contributed by atoms with Crippen LogP contribution in [0.5, 0.6) is 0 Å². The van der Waals surface area contributed by atoms with E-state index in [1.165, 1.54) is 4.88 Å². The number of amides is 1. The molecule has 0 unspecified atom stereocenters. The molecule has 1 atom stereocenters. The third kappa shape index (κ3) is 4.29. The molecule has 0 aliphatic heterocycles. The number of carbonyl (C=O) groups is 1. The lowest BCUT2D eigenvalue weighted by molar-refractivity contribution is -0.121. The largest absolute Gasteiger partial charge is 0.347 e. The Hall–Kier alpha value is -2.02. The summed E-state index contributed by atoms with van der Waals surface area (Å²) in [5.41, 5.74) is 3.06. The molecule has 0 aliphatic rings. The lowest BCUT2D eigenvalue weighted by atomic mass is 10.1. The Morgan fingerprint density at radius 1 is 1.21 bits per heavy atom. The Balaban J connectivity index is 2.01. The average Bonchev–Trinajstić information content (AvgIpc) is 2.83. The van der Waals surface area contributed by atoms with Gasteiger partial charge in [-0.15, -0.1) is 11.3 Å². The Morgan fingerprint density at radius 2 is 1.92 bits per heavy atom. The normalized spacial score (nSPS) is 12.2. The molecular weight excluding hydrogens is 324 g/mol. The number of hydrogen-bond acceptors (Lipinski definition) is 5. The van der Waals surface area contributed by atoms with Crippen molar-refractivity contribution in [3.05, 3.63) is 43.0 Å². The Bertz CT molecular complexity index is 749. The number of carbonyl (C=O) groups excluding carboxylic acids is 1. The Morgan fingerprint density at radius 3 is 2.46 bits per heavy atom. The second-order valence-electron chi connectivity index (χ2n) is 5.95. The molecule has 24 heavy (non-hydrogen) atoms. The molecule has 0 spiro atoms. The molecule has 2 N–H and O–H groups in total. The fourth-order valence-corrected chi connectivity index (χ4v) is 3.67. The molecule has 0 saturated heterocycles. The summed E-state index contributed by atoms with van der Waals surface area (Å²) in [5, 5.41) is 4.02. The highest BCUT2D eigenvalue weighted by Crippen LogP contribution is 2.25. The fourth-order valence-electron chi connectivity index (χ4n) is 2.61. The summed E-state index contributed by atoms with van der Waals surface area (Å²) in [6.45, 7) is 9.69. The SMILES string of the molecule is CC[C@H](NC(=O)CCc1c(C)nc(=O)[nH]c1C)c1nc(C)c(C)s1. The van der Waals surface area contributed by atoms with Crippen molar-refractivity contribution in [3.8, 4) is 0 Å². The smallest absolute Gasteiger partial charge is 0.345 e. The van der Waals surface area contributed by atoms with Crippen molar-refractivity contribution in [1.82, 2.24) is 20.3 Å². The van der Waals surface area contributed by atoms with Crippen molar-refractivity contribution >= 4 is 17.2 Å². The molecule has 0 aromatic carbocycles. The van der Waals surface area contributed by atoms with Crippen molar-refractivity contribution in [2.45, 2.75) is 59.9 Å². The molecule has 6 nitrogen and oxygen atoms in total. The summed E-state index contributed by atoms with van der Waals surface area (Å²) in [7, 11) is 0. The van der Waals surface area contributed by atoms with Crippen LogP contribution in [0.4, 0.5) is 0 Å². The van der Waals surface area contributed by atoms with Crippen LogP contribution in [0.1, 0.15) is 58.3 Å². The number of thiazole rings is 1. The van der Waals surface area contributed by atoms with E-state index in [0.29, 0.717) is 18.5 Å². The highest BCUT2D eigenvalue weighted by molar-refractivity contribution is 7.11. The van der Waals surface area contributed by atoms with Gasteiger partial charge in [-0.25, -0.2) is 9.78 Å². The number of rotatable bonds is 6. The molecule has 1 amide bonds. The second-order valence-corrected chi connectivity index (χ2v) is 7.19. The van der Waals surface area contributed by atoms with Gasteiger partial charge in [0.1, 0.15) is 5.01 Å². The third-order valence-corrected chi connectivity index (χ3v) is 5.33. The van der Waals surface area contributed by atoms with E-state index in [1.807, 2.05) is 27.7 Å². The van der Waals surface area contributed by atoms with Gasteiger partial charge in [0.15, 0.2) is 0 Å². The maximum Gasteiger partial charge on any atom is 0.345 e. The number of hydrogen-bond donors (Lipinski definition) is 2. The number of H-pyrrole nitrogens is 1. The minimum absolute atomic E-state index is 0.0163. The predicted octanol–water partition coefficient (Wildman–Crippen LogP) is 2.66. The fraction of sp³-hybridized carbons (Fsp3) is 0.529. The van der Waals surface area contributed by atoms with Crippen LogP contribution in [0, 0.1) is 27.7 Å². The van der Waals surface area contributed by atoms with E-state index in [4.69, 9.17) is 0 Å². The first-order valence-corrected chi connectivity index (χ1v) is 8.93. The lowest BCUT2D eigenvalue weighted by Crippen LogP contribution is -2.28. The minimum atomic E-state index is -0.348. The molecule has 2 heterocycles. The van der Waals surface area contributed by atoms with Crippen LogP contribution in [0.3, 0.4) is 0 Å². The van der Waals surface area contributed by atoms with Gasteiger partial charge in [0, 0.05) is 22.7 Å². The molecule has 0 aliphatic carbocycles. The molecular formula is C17H24N4O2S. The zero-order chi connectivity index (χ0) is 17.9. The van der Waals surface area contributed by atoms with E-state index in [-0.39, 0.29) is 17.6 Å². The van der Waals surface area contributed by atoms with Crippen molar-refractivity contribution in [3.63, 3.8) is 0 Å².